The van der Waals surface area contributed by atoms with E-state index in [9.17, 15) is 5.21 Å². The van der Waals surface area contributed by atoms with Crippen LogP contribution in [0.3, 0.4) is 0 Å². The first-order valence-corrected chi connectivity index (χ1v) is 7.52. The van der Waals surface area contributed by atoms with Gasteiger partial charge in [-0.1, -0.05) is 30.3 Å². The van der Waals surface area contributed by atoms with E-state index in [4.69, 9.17) is 0 Å². The standard InChI is InChI=1S/C16H20N4O/c21-20-8-4-7-17-16(20)19-12-14-9-15(19)11-18(14)10-13-5-2-1-3-6-13/h1-8,14-16,21H,9-12H2/t14-,15-,16?/m0/s1. The third kappa shape index (κ3) is 2.37. The maximum absolute atomic E-state index is 9.94. The van der Waals surface area contributed by atoms with Crippen LogP contribution >= 0.6 is 0 Å². The lowest BCUT2D eigenvalue weighted by Gasteiger charge is -2.39. The summed E-state index contributed by atoms with van der Waals surface area (Å²) < 4.78 is 0. The SMILES string of the molecule is ON1C=CC=NC1N1C[C@@H]2C[C@H]1CN2Cc1ccccc1. The quantitative estimate of drug-likeness (QED) is 0.914. The van der Waals surface area contributed by atoms with Crippen LogP contribution in [0.5, 0.6) is 0 Å². The second-order valence-corrected chi connectivity index (χ2v) is 6.02. The molecule has 5 nitrogen and oxygen atoms in total. The van der Waals surface area contributed by atoms with Crippen molar-refractivity contribution in [3.8, 4) is 0 Å². The summed E-state index contributed by atoms with van der Waals surface area (Å²) in [4.78, 5) is 9.26. The van der Waals surface area contributed by atoms with Gasteiger partial charge in [0.05, 0.1) is 0 Å². The van der Waals surface area contributed by atoms with E-state index in [1.165, 1.54) is 17.0 Å². The number of fused-ring (bicyclic) bond motifs is 2. The molecule has 21 heavy (non-hydrogen) atoms. The molecule has 0 saturated carbocycles. The Hall–Kier alpha value is -1.69. The molecule has 2 fully saturated rings. The van der Waals surface area contributed by atoms with Crippen molar-refractivity contribution in [2.75, 3.05) is 13.1 Å². The number of allylic oxidation sites excluding steroid dienone is 1. The Morgan fingerprint density at radius 1 is 1.14 bits per heavy atom. The lowest BCUT2D eigenvalue weighted by atomic mass is 10.2. The molecular formula is C16H20N4O. The Labute approximate surface area is 124 Å². The molecule has 3 atom stereocenters. The zero-order chi connectivity index (χ0) is 14.2. The molecular weight excluding hydrogens is 264 g/mol. The third-order valence-electron chi connectivity index (χ3n) is 4.70. The van der Waals surface area contributed by atoms with Gasteiger partial charge in [-0.05, 0) is 18.1 Å². The summed E-state index contributed by atoms with van der Waals surface area (Å²) in [6.07, 6.45) is 6.13. The van der Waals surface area contributed by atoms with E-state index in [-0.39, 0.29) is 6.29 Å². The molecule has 0 aromatic heterocycles. The van der Waals surface area contributed by atoms with Crippen LogP contribution in [0.25, 0.3) is 0 Å². The minimum Gasteiger partial charge on any atom is -0.293 e. The van der Waals surface area contributed by atoms with Crippen LogP contribution in [0.1, 0.15) is 12.0 Å². The summed E-state index contributed by atoms with van der Waals surface area (Å²) >= 11 is 0. The van der Waals surface area contributed by atoms with Gasteiger partial charge in [0, 0.05) is 44.1 Å². The highest BCUT2D eigenvalue weighted by molar-refractivity contribution is 5.71. The van der Waals surface area contributed by atoms with Gasteiger partial charge >= 0.3 is 0 Å². The van der Waals surface area contributed by atoms with Gasteiger partial charge in [-0.3, -0.25) is 20.0 Å². The molecule has 3 aliphatic heterocycles. The average Bonchev–Trinajstić information content (AvgIpc) is 3.09. The summed E-state index contributed by atoms with van der Waals surface area (Å²) in [5.41, 5.74) is 1.37. The van der Waals surface area contributed by atoms with Crippen LogP contribution in [0, 0.1) is 0 Å². The van der Waals surface area contributed by atoms with Gasteiger partial charge in [-0.15, -0.1) is 0 Å². The minimum atomic E-state index is -0.246. The van der Waals surface area contributed by atoms with E-state index in [1.54, 1.807) is 18.5 Å². The van der Waals surface area contributed by atoms with Gasteiger partial charge in [0.2, 0.25) is 6.29 Å². The molecule has 1 N–H and O–H groups in total. The van der Waals surface area contributed by atoms with E-state index in [0.717, 1.165) is 19.6 Å². The second-order valence-electron chi connectivity index (χ2n) is 6.02. The summed E-state index contributed by atoms with van der Waals surface area (Å²) in [5.74, 6) is 0. The van der Waals surface area contributed by atoms with E-state index in [1.807, 2.05) is 0 Å². The maximum Gasteiger partial charge on any atom is 0.201 e. The monoisotopic (exact) mass is 284 g/mol. The van der Waals surface area contributed by atoms with E-state index >= 15 is 0 Å². The van der Waals surface area contributed by atoms with E-state index in [0.29, 0.717) is 12.1 Å². The first-order chi connectivity index (χ1) is 10.3. The van der Waals surface area contributed by atoms with Crippen molar-refractivity contribution in [2.24, 2.45) is 4.99 Å². The number of likely N-dealkylation sites (tertiary alicyclic amines) is 2. The molecule has 0 aliphatic carbocycles. The Balaban J connectivity index is 1.42. The Bertz CT molecular complexity index is 559. The van der Waals surface area contributed by atoms with Gasteiger partial charge in [-0.2, -0.15) is 0 Å². The van der Waals surface area contributed by atoms with E-state index < -0.39 is 0 Å². The lowest BCUT2D eigenvalue weighted by molar-refractivity contribution is -0.139. The highest BCUT2D eigenvalue weighted by Crippen LogP contribution is 2.34. The fourth-order valence-electron chi connectivity index (χ4n) is 3.71. The van der Waals surface area contributed by atoms with Crippen molar-refractivity contribution in [3.05, 3.63) is 48.2 Å². The molecule has 1 aromatic rings. The smallest absolute Gasteiger partial charge is 0.201 e. The van der Waals surface area contributed by atoms with Crippen molar-refractivity contribution < 1.29 is 5.21 Å². The first kappa shape index (κ1) is 13.0. The number of hydroxylamine groups is 2. The van der Waals surface area contributed by atoms with Gasteiger partial charge in [-0.25, -0.2) is 5.06 Å². The van der Waals surface area contributed by atoms with Gasteiger partial charge < -0.3 is 0 Å². The van der Waals surface area contributed by atoms with Crippen LogP contribution in [-0.4, -0.2) is 57.7 Å². The Morgan fingerprint density at radius 2 is 2.00 bits per heavy atom. The topological polar surface area (TPSA) is 42.3 Å². The minimum absolute atomic E-state index is 0.246. The number of nitrogens with zero attached hydrogens (tertiary/aromatic N) is 4. The van der Waals surface area contributed by atoms with Crippen LogP contribution in [-0.2, 0) is 6.54 Å². The van der Waals surface area contributed by atoms with Crippen LogP contribution < -0.4 is 0 Å². The van der Waals surface area contributed by atoms with Crippen LogP contribution in [0.15, 0.2) is 47.6 Å². The van der Waals surface area contributed by atoms with Crippen molar-refractivity contribution in [1.29, 1.82) is 0 Å². The Kier molecular flexibility index (Phi) is 3.25. The maximum atomic E-state index is 9.94. The van der Waals surface area contributed by atoms with Gasteiger partial charge in [0.25, 0.3) is 0 Å². The highest BCUT2D eigenvalue weighted by atomic mass is 16.5. The van der Waals surface area contributed by atoms with Crippen molar-refractivity contribution in [1.82, 2.24) is 14.9 Å². The zero-order valence-corrected chi connectivity index (χ0v) is 11.9. The van der Waals surface area contributed by atoms with Crippen molar-refractivity contribution >= 4 is 6.21 Å². The van der Waals surface area contributed by atoms with Crippen molar-refractivity contribution in [3.63, 3.8) is 0 Å². The number of rotatable bonds is 3. The molecule has 4 rings (SSSR count). The molecule has 1 unspecified atom stereocenters. The van der Waals surface area contributed by atoms with Crippen LogP contribution in [0.2, 0.25) is 0 Å². The molecule has 1 aromatic carbocycles. The second kappa shape index (κ2) is 5.26. The number of hydrogen-bond acceptors (Lipinski definition) is 5. The molecule has 110 valence electrons. The predicted molar refractivity (Wildman–Crippen MR) is 80.8 cm³/mol. The predicted octanol–water partition coefficient (Wildman–Crippen LogP) is 1.52. The first-order valence-electron chi connectivity index (χ1n) is 7.52. The number of benzene rings is 1. The molecule has 5 heteroatoms. The average molecular weight is 284 g/mol. The number of piperazine rings is 1. The Morgan fingerprint density at radius 3 is 2.71 bits per heavy atom. The van der Waals surface area contributed by atoms with Gasteiger partial charge in [0.15, 0.2) is 0 Å². The molecule has 3 heterocycles. The molecule has 3 aliphatic rings. The number of aliphatic imine (C=N–C) groups is 1. The largest absolute Gasteiger partial charge is 0.293 e. The fraction of sp³-hybridized carbons (Fsp3) is 0.438. The third-order valence-corrected chi connectivity index (χ3v) is 4.70. The summed E-state index contributed by atoms with van der Waals surface area (Å²) in [7, 11) is 0. The molecule has 2 saturated heterocycles. The summed E-state index contributed by atoms with van der Waals surface area (Å²) in [5, 5.41) is 11.1. The van der Waals surface area contributed by atoms with Crippen molar-refractivity contribution in [2.45, 2.75) is 31.3 Å². The lowest BCUT2D eigenvalue weighted by Crippen LogP contribution is -2.53. The molecule has 0 radical (unpaired) electrons. The molecule has 0 amide bonds. The zero-order valence-electron chi connectivity index (χ0n) is 11.9. The van der Waals surface area contributed by atoms with Gasteiger partial charge in [0.1, 0.15) is 0 Å². The fourth-order valence-corrected chi connectivity index (χ4v) is 3.71. The summed E-state index contributed by atoms with van der Waals surface area (Å²) in [6.45, 7) is 3.06. The molecule has 0 spiro atoms. The van der Waals surface area contributed by atoms with Crippen LogP contribution in [0.4, 0.5) is 0 Å². The van der Waals surface area contributed by atoms with E-state index in [2.05, 4.69) is 45.1 Å². The normalized spacial score (nSPS) is 32.2. The summed E-state index contributed by atoms with van der Waals surface area (Å²) in [6, 6.07) is 11.7. The molecule has 2 bridgehead atoms. The highest BCUT2D eigenvalue weighted by Gasteiger charge is 2.46. The number of hydrogen-bond donors (Lipinski definition) is 1.